The maximum Gasteiger partial charge on any atom is 0.135 e. The third-order valence-electron chi connectivity index (χ3n) is 3.56. The topological polar surface area (TPSA) is 51.3 Å². The third-order valence-corrected chi connectivity index (χ3v) is 4.53. The van der Waals surface area contributed by atoms with E-state index in [1.165, 1.54) is 4.70 Å². The van der Waals surface area contributed by atoms with Crippen LogP contribution < -0.4 is 5.73 Å². The van der Waals surface area contributed by atoms with Crippen molar-refractivity contribution in [2.24, 2.45) is 4.99 Å². The molecular formula is C18H13N3S. The number of nitrogens with two attached hydrogens (primary N) is 1. The molecule has 1 aromatic heterocycles. The van der Waals surface area contributed by atoms with E-state index < -0.39 is 0 Å². The predicted molar refractivity (Wildman–Crippen MR) is 95.2 cm³/mol. The van der Waals surface area contributed by atoms with Crippen molar-refractivity contribution >= 4 is 49.9 Å². The summed E-state index contributed by atoms with van der Waals surface area (Å²) in [4.78, 5) is 9.18. The molecule has 22 heavy (non-hydrogen) atoms. The van der Waals surface area contributed by atoms with E-state index in [1.54, 1.807) is 11.3 Å². The molecule has 3 aromatic carbocycles. The van der Waals surface area contributed by atoms with Crippen molar-refractivity contribution in [3.8, 4) is 0 Å². The van der Waals surface area contributed by atoms with Gasteiger partial charge >= 0.3 is 0 Å². The highest BCUT2D eigenvalue weighted by molar-refractivity contribution is 7.20. The minimum atomic E-state index is 0.773. The van der Waals surface area contributed by atoms with Gasteiger partial charge in [0.05, 0.1) is 22.1 Å². The van der Waals surface area contributed by atoms with Crippen LogP contribution in [0.15, 0.2) is 65.7 Å². The van der Waals surface area contributed by atoms with E-state index in [0.29, 0.717) is 0 Å². The highest BCUT2D eigenvalue weighted by Gasteiger charge is 2.03. The molecule has 0 spiro atoms. The number of thiazole rings is 1. The third kappa shape index (κ3) is 2.23. The Kier molecular flexibility index (Phi) is 3.09. The lowest BCUT2D eigenvalue weighted by Gasteiger charge is -2.04. The molecule has 4 heteroatoms. The molecule has 4 aromatic rings. The molecule has 0 unspecified atom stereocenters. The van der Waals surface area contributed by atoms with Gasteiger partial charge in [-0.15, -0.1) is 11.3 Å². The van der Waals surface area contributed by atoms with Crippen LogP contribution in [0.1, 0.15) is 5.01 Å². The zero-order chi connectivity index (χ0) is 14.9. The summed E-state index contributed by atoms with van der Waals surface area (Å²) >= 11 is 1.64. The Morgan fingerprint density at radius 3 is 2.55 bits per heavy atom. The van der Waals surface area contributed by atoms with E-state index in [9.17, 15) is 0 Å². The first kappa shape index (κ1) is 13.0. The first-order chi connectivity index (χ1) is 10.8. The van der Waals surface area contributed by atoms with Gasteiger partial charge in [0.1, 0.15) is 5.01 Å². The molecular weight excluding hydrogens is 290 g/mol. The number of nitrogen functional groups attached to an aromatic ring is 1. The number of fused-ring (bicyclic) bond motifs is 2. The summed E-state index contributed by atoms with van der Waals surface area (Å²) in [7, 11) is 0. The quantitative estimate of drug-likeness (QED) is 0.428. The molecule has 0 aliphatic carbocycles. The van der Waals surface area contributed by atoms with Crippen molar-refractivity contribution in [3.63, 3.8) is 0 Å². The number of anilines is 1. The first-order valence-electron chi connectivity index (χ1n) is 6.98. The van der Waals surface area contributed by atoms with Gasteiger partial charge in [-0.2, -0.15) is 0 Å². The predicted octanol–water partition coefficient (Wildman–Crippen LogP) is 4.78. The van der Waals surface area contributed by atoms with E-state index in [1.807, 2.05) is 60.8 Å². The van der Waals surface area contributed by atoms with Crippen LogP contribution in [0.2, 0.25) is 0 Å². The Hall–Kier alpha value is -2.72. The molecule has 3 nitrogen and oxygen atoms in total. The Morgan fingerprint density at radius 1 is 0.909 bits per heavy atom. The van der Waals surface area contributed by atoms with Gasteiger partial charge in [0.25, 0.3) is 0 Å². The molecule has 1 heterocycles. The van der Waals surface area contributed by atoms with Crippen LogP contribution in [0, 0.1) is 0 Å². The number of aromatic nitrogens is 1. The number of hydrogen-bond acceptors (Lipinski definition) is 4. The van der Waals surface area contributed by atoms with Gasteiger partial charge in [0.2, 0.25) is 0 Å². The van der Waals surface area contributed by atoms with E-state index in [4.69, 9.17) is 5.73 Å². The fraction of sp³-hybridized carbons (Fsp3) is 0. The largest absolute Gasteiger partial charge is 0.398 e. The van der Waals surface area contributed by atoms with Crippen molar-refractivity contribution in [2.45, 2.75) is 0 Å². The summed E-state index contributed by atoms with van der Waals surface area (Å²) in [5.74, 6) is 0. The van der Waals surface area contributed by atoms with E-state index in [2.05, 4.69) is 16.0 Å². The average Bonchev–Trinajstić information content (AvgIpc) is 2.97. The molecule has 0 fully saturated rings. The van der Waals surface area contributed by atoms with Crippen molar-refractivity contribution in [1.82, 2.24) is 4.98 Å². The van der Waals surface area contributed by atoms with Crippen molar-refractivity contribution < 1.29 is 0 Å². The smallest absolute Gasteiger partial charge is 0.135 e. The molecule has 0 atom stereocenters. The Bertz CT molecular complexity index is 968. The Labute approximate surface area is 131 Å². The Balaban J connectivity index is 1.78. The summed E-state index contributed by atoms with van der Waals surface area (Å²) in [6, 6.07) is 20.0. The van der Waals surface area contributed by atoms with Gasteiger partial charge in [-0.05, 0) is 24.3 Å². The molecule has 4 rings (SSSR count). The number of benzene rings is 3. The summed E-state index contributed by atoms with van der Waals surface area (Å²) in [6.45, 7) is 0. The maximum absolute atomic E-state index is 6.02. The molecule has 0 saturated carbocycles. The minimum Gasteiger partial charge on any atom is -0.398 e. The van der Waals surface area contributed by atoms with Crippen molar-refractivity contribution in [2.75, 3.05) is 5.73 Å². The lowest BCUT2D eigenvalue weighted by molar-refractivity contribution is 1.46. The van der Waals surface area contributed by atoms with Gasteiger partial charge in [-0.25, -0.2) is 4.98 Å². The molecule has 0 amide bonds. The first-order valence-corrected chi connectivity index (χ1v) is 7.80. The minimum absolute atomic E-state index is 0.773. The molecule has 0 saturated heterocycles. The SMILES string of the molecule is Nc1ccc(N=Cc2nc3ccccc3s2)c2ccccc12. The highest BCUT2D eigenvalue weighted by Crippen LogP contribution is 2.30. The van der Waals surface area contributed by atoms with Crippen molar-refractivity contribution in [3.05, 3.63) is 65.7 Å². The molecule has 0 aliphatic heterocycles. The van der Waals surface area contributed by atoms with Crippen LogP contribution >= 0.6 is 11.3 Å². The van der Waals surface area contributed by atoms with Gasteiger partial charge in [-0.1, -0.05) is 36.4 Å². The number of para-hydroxylation sites is 1. The lowest BCUT2D eigenvalue weighted by atomic mass is 10.1. The summed E-state index contributed by atoms with van der Waals surface area (Å²) in [5, 5.41) is 2.99. The monoisotopic (exact) mass is 303 g/mol. The van der Waals surface area contributed by atoms with Crippen LogP contribution in [0.4, 0.5) is 11.4 Å². The van der Waals surface area contributed by atoms with Gasteiger partial charge in [-0.3, -0.25) is 4.99 Å². The van der Waals surface area contributed by atoms with Crippen LogP contribution in [-0.4, -0.2) is 11.2 Å². The van der Waals surface area contributed by atoms with Gasteiger partial charge in [0.15, 0.2) is 0 Å². The van der Waals surface area contributed by atoms with Crippen LogP contribution in [0.5, 0.6) is 0 Å². The number of nitrogens with zero attached hydrogens (tertiary/aromatic N) is 2. The molecule has 106 valence electrons. The lowest BCUT2D eigenvalue weighted by Crippen LogP contribution is -1.86. The number of aliphatic imine (C=N–C) groups is 1. The van der Waals surface area contributed by atoms with Gasteiger partial charge in [0, 0.05) is 16.5 Å². The summed E-state index contributed by atoms with van der Waals surface area (Å²) < 4.78 is 1.17. The molecule has 0 bridgehead atoms. The highest BCUT2D eigenvalue weighted by atomic mass is 32.1. The fourth-order valence-corrected chi connectivity index (χ4v) is 3.33. The fourth-order valence-electron chi connectivity index (χ4n) is 2.49. The van der Waals surface area contributed by atoms with Crippen molar-refractivity contribution in [1.29, 1.82) is 0 Å². The van der Waals surface area contributed by atoms with E-state index in [0.717, 1.165) is 32.7 Å². The maximum atomic E-state index is 6.02. The second-order valence-electron chi connectivity index (χ2n) is 5.00. The standard InChI is InChI=1S/C18H13N3S/c19-14-9-10-15(13-6-2-1-5-12(13)14)20-11-18-21-16-7-3-4-8-17(16)22-18/h1-11H,19H2. The molecule has 0 aliphatic rings. The zero-order valence-electron chi connectivity index (χ0n) is 11.7. The normalized spacial score (nSPS) is 11.6. The van der Waals surface area contributed by atoms with E-state index >= 15 is 0 Å². The Morgan fingerprint density at radius 2 is 1.68 bits per heavy atom. The molecule has 2 N–H and O–H groups in total. The van der Waals surface area contributed by atoms with Crippen LogP contribution in [-0.2, 0) is 0 Å². The average molecular weight is 303 g/mol. The number of rotatable bonds is 2. The van der Waals surface area contributed by atoms with Gasteiger partial charge < -0.3 is 5.73 Å². The second-order valence-corrected chi connectivity index (χ2v) is 6.06. The number of hydrogen-bond donors (Lipinski definition) is 1. The zero-order valence-corrected chi connectivity index (χ0v) is 12.5. The van der Waals surface area contributed by atoms with Crippen LogP contribution in [0.25, 0.3) is 21.0 Å². The van der Waals surface area contributed by atoms with E-state index in [-0.39, 0.29) is 0 Å². The summed E-state index contributed by atoms with van der Waals surface area (Å²) in [6.07, 6.45) is 1.82. The molecule has 0 radical (unpaired) electrons. The second kappa shape index (κ2) is 5.24. The van der Waals surface area contributed by atoms with Crippen LogP contribution in [0.3, 0.4) is 0 Å². The summed E-state index contributed by atoms with van der Waals surface area (Å²) in [5.41, 5.74) is 8.71.